The molecule has 1 aromatic heterocycles. The summed E-state index contributed by atoms with van der Waals surface area (Å²) >= 11 is 0. The highest BCUT2D eigenvalue weighted by molar-refractivity contribution is 6.06. The van der Waals surface area contributed by atoms with Crippen molar-refractivity contribution in [3.8, 4) is 0 Å². The molecule has 4 nitrogen and oxygen atoms in total. The van der Waals surface area contributed by atoms with Gasteiger partial charge in [0.1, 0.15) is 0 Å². The summed E-state index contributed by atoms with van der Waals surface area (Å²) in [5.74, 6) is 0.581. The Kier molecular flexibility index (Phi) is 5.69. The molecule has 0 aliphatic carbocycles. The highest BCUT2D eigenvalue weighted by Gasteiger charge is 2.28. The van der Waals surface area contributed by atoms with Gasteiger partial charge in [0.05, 0.1) is 17.7 Å². The fraction of sp³-hybridized carbons (Fsp3) is 0.524. The molecule has 1 amide bonds. The van der Waals surface area contributed by atoms with Crippen molar-refractivity contribution in [2.75, 3.05) is 26.3 Å². The third-order valence-corrected chi connectivity index (χ3v) is 4.91. The highest BCUT2D eigenvalue weighted by atomic mass is 16.5. The molecule has 0 bridgehead atoms. The predicted molar refractivity (Wildman–Crippen MR) is 101 cm³/mol. The summed E-state index contributed by atoms with van der Waals surface area (Å²) in [6.07, 6.45) is 3.02. The molecule has 0 N–H and O–H groups in total. The van der Waals surface area contributed by atoms with Crippen LogP contribution in [0.15, 0.2) is 24.3 Å². The van der Waals surface area contributed by atoms with Gasteiger partial charge in [0.15, 0.2) is 0 Å². The highest BCUT2D eigenvalue weighted by Crippen LogP contribution is 2.25. The third-order valence-electron chi connectivity index (χ3n) is 4.91. The van der Waals surface area contributed by atoms with E-state index in [2.05, 4.69) is 31.0 Å². The number of ether oxygens (including phenoxy) is 1. The number of aryl methyl sites for hydroxylation is 2. The van der Waals surface area contributed by atoms with Crippen LogP contribution in [0, 0.1) is 12.8 Å². The number of nitrogens with zero attached hydrogens (tertiary/aromatic N) is 2. The minimum Gasteiger partial charge on any atom is -0.381 e. The molecule has 0 radical (unpaired) electrons. The van der Waals surface area contributed by atoms with Crippen molar-refractivity contribution in [2.45, 2.75) is 40.0 Å². The number of rotatable bonds is 6. The monoisotopic (exact) mass is 340 g/mol. The molecule has 4 heteroatoms. The number of hydrogen-bond acceptors (Lipinski definition) is 3. The molecule has 0 spiro atoms. The van der Waals surface area contributed by atoms with Crippen molar-refractivity contribution in [3.05, 3.63) is 41.1 Å². The van der Waals surface area contributed by atoms with Crippen molar-refractivity contribution in [1.82, 2.24) is 9.88 Å². The molecule has 0 unspecified atom stereocenters. The maximum absolute atomic E-state index is 13.1. The summed E-state index contributed by atoms with van der Waals surface area (Å²) in [6.45, 7) is 9.37. The van der Waals surface area contributed by atoms with Crippen LogP contribution in [0.2, 0.25) is 0 Å². The van der Waals surface area contributed by atoms with E-state index in [0.717, 1.165) is 67.7 Å². The summed E-state index contributed by atoms with van der Waals surface area (Å²) in [5, 5.41) is 0.973. The summed E-state index contributed by atoms with van der Waals surface area (Å²) in [5.41, 5.74) is 3.82. The van der Waals surface area contributed by atoms with E-state index < -0.39 is 0 Å². The summed E-state index contributed by atoms with van der Waals surface area (Å²) in [4.78, 5) is 19.7. The second-order valence-electron chi connectivity index (χ2n) is 7.00. The second-order valence-corrected chi connectivity index (χ2v) is 7.00. The van der Waals surface area contributed by atoms with Gasteiger partial charge in [0.25, 0.3) is 5.91 Å². The molecule has 1 aromatic carbocycles. The van der Waals surface area contributed by atoms with E-state index in [4.69, 9.17) is 4.74 Å². The van der Waals surface area contributed by atoms with E-state index in [9.17, 15) is 4.79 Å². The standard InChI is InChI=1S/C21H28N2O2/c1-4-10-25-14-17-8-9-23(13-17)21(24)19-11-15(3)22-20-7-6-16(5-2)12-18(19)20/h6-7,11-12,17H,4-5,8-10,13-14H2,1-3H3/t17-/m0/s1. The van der Waals surface area contributed by atoms with Crippen LogP contribution in [0.1, 0.15) is 48.3 Å². The van der Waals surface area contributed by atoms with Crippen LogP contribution in [0.4, 0.5) is 0 Å². The van der Waals surface area contributed by atoms with Crippen LogP contribution < -0.4 is 0 Å². The quantitative estimate of drug-likeness (QED) is 0.747. The SMILES string of the molecule is CCCOC[C@H]1CCN(C(=O)c2cc(C)nc3ccc(CC)cc23)C1. The molecular weight excluding hydrogens is 312 g/mol. The Balaban J connectivity index is 1.82. The first-order valence-electron chi connectivity index (χ1n) is 9.39. The molecule has 1 aliphatic rings. The molecule has 0 saturated carbocycles. The Labute approximate surface area is 150 Å². The van der Waals surface area contributed by atoms with Crippen molar-refractivity contribution >= 4 is 16.8 Å². The summed E-state index contributed by atoms with van der Waals surface area (Å²) < 4.78 is 5.67. The average Bonchev–Trinajstić information content (AvgIpc) is 3.09. The lowest BCUT2D eigenvalue weighted by Crippen LogP contribution is -2.29. The smallest absolute Gasteiger partial charge is 0.254 e. The van der Waals surface area contributed by atoms with E-state index in [1.807, 2.05) is 24.0 Å². The van der Waals surface area contributed by atoms with E-state index in [0.29, 0.717) is 5.92 Å². The number of carbonyl (C=O) groups is 1. The number of likely N-dealkylation sites (tertiary alicyclic amines) is 1. The van der Waals surface area contributed by atoms with Crippen LogP contribution in [0.25, 0.3) is 10.9 Å². The number of benzene rings is 1. The van der Waals surface area contributed by atoms with Gasteiger partial charge in [0, 0.05) is 36.7 Å². The Morgan fingerprint density at radius 1 is 1.32 bits per heavy atom. The van der Waals surface area contributed by atoms with Crippen LogP contribution in [0.3, 0.4) is 0 Å². The lowest BCUT2D eigenvalue weighted by molar-refractivity contribution is 0.0756. The van der Waals surface area contributed by atoms with E-state index in [1.54, 1.807) is 0 Å². The van der Waals surface area contributed by atoms with Gasteiger partial charge in [-0.1, -0.05) is 19.9 Å². The van der Waals surface area contributed by atoms with Gasteiger partial charge < -0.3 is 9.64 Å². The van der Waals surface area contributed by atoms with Gasteiger partial charge >= 0.3 is 0 Å². The molecule has 1 saturated heterocycles. The number of fused-ring (bicyclic) bond motifs is 1. The lowest BCUT2D eigenvalue weighted by Gasteiger charge is -2.18. The van der Waals surface area contributed by atoms with Gasteiger partial charge in [-0.05, 0) is 49.9 Å². The molecule has 25 heavy (non-hydrogen) atoms. The Morgan fingerprint density at radius 2 is 2.16 bits per heavy atom. The van der Waals surface area contributed by atoms with Gasteiger partial charge in [-0.2, -0.15) is 0 Å². The van der Waals surface area contributed by atoms with E-state index in [-0.39, 0.29) is 5.91 Å². The maximum Gasteiger partial charge on any atom is 0.254 e. The van der Waals surface area contributed by atoms with Gasteiger partial charge in [0.2, 0.25) is 0 Å². The molecule has 2 heterocycles. The number of amides is 1. The number of hydrogen-bond donors (Lipinski definition) is 0. The van der Waals surface area contributed by atoms with Gasteiger partial charge in [-0.25, -0.2) is 0 Å². The zero-order valence-corrected chi connectivity index (χ0v) is 15.5. The zero-order valence-electron chi connectivity index (χ0n) is 15.5. The molecule has 134 valence electrons. The van der Waals surface area contributed by atoms with Crippen LogP contribution in [-0.4, -0.2) is 42.1 Å². The molecule has 2 aromatic rings. The van der Waals surface area contributed by atoms with Crippen LogP contribution in [-0.2, 0) is 11.2 Å². The maximum atomic E-state index is 13.1. The molecule has 1 fully saturated rings. The Bertz CT molecular complexity index is 757. The largest absolute Gasteiger partial charge is 0.381 e. The van der Waals surface area contributed by atoms with E-state index >= 15 is 0 Å². The molecule has 1 aliphatic heterocycles. The minimum absolute atomic E-state index is 0.127. The first kappa shape index (κ1) is 17.9. The van der Waals surface area contributed by atoms with Crippen molar-refractivity contribution in [2.24, 2.45) is 5.92 Å². The van der Waals surface area contributed by atoms with Crippen molar-refractivity contribution in [3.63, 3.8) is 0 Å². The minimum atomic E-state index is 0.127. The second kappa shape index (κ2) is 7.96. The molecule has 3 rings (SSSR count). The number of pyridine rings is 1. The third kappa shape index (κ3) is 4.01. The number of aromatic nitrogens is 1. The lowest BCUT2D eigenvalue weighted by atomic mass is 10.0. The molecule has 1 atom stereocenters. The average molecular weight is 340 g/mol. The van der Waals surface area contributed by atoms with Crippen LogP contribution in [0.5, 0.6) is 0 Å². The van der Waals surface area contributed by atoms with E-state index in [1.165, 1.54) is 5.56 Å². The first-order chi connectivity index (χ1) is 12.1. The topological polar surface area (TPSA) is 42.4 Å². The predicted octanol–water partition coefficient (Wildman–Crippen LogP) is 3.99. The summed E-state index contributed by atoms with van der Waals surface area (Å²) in [6, 6.07) is 8.18. The zero-order chi connectivity index (χ0) is 17.8. The Hall–Kier alpha value is -1.94. The fourth-order valence-electron chi connectivity index (χ4n) is 3.52. The number of carbonyl (C=O) groups excluding carboxylic acids is 1. The van der Waals surface area contributed by atoms with Gasteiger partial charge in [-0.3, -0.25) is 9.78 Å². The van der Waals surface area contributed by atoms with Gasteiger partial charge in [-0.15, -0.1) is 0 Å². The normalized spacial score (nSPS) is 17.4. The van der Waals surface area contributed by atoms with Crippen molar-refractivity contribution < 1.29 is 9.53 Å². The molecular formula is C21H28N2O2. The Morgan fingerprint density at radius 3 is 2.92 bits per heavy atom. The van der Waals surface area contributed by atoms with Crippen LogP contribution >= 0.6 is 0 Å². The summed E-state index contributed by atoms with van der Waals surface area (Å²) in [7, 11) is 0. The first-order valence-corrected chi connectivity index (χ1v) is 9.39. The van der Waals surface area contributed by atoms with Crippen molar-refractivity contribution in [1.29, 1.82) is 0 Å². The fourth-order valence-corrected chi connectivity index (χ4v) is 3.52.